The minimum absolute atomic E-state index is 0.0222. The van der Waals surface area contributed by atoms with Gasteiger partial charge in [0.05, 0.1) is 27.4 Å². The van der Waals surface area contributed by atoms with Gasteiger partial charge in [0.1, 0.15) is 27.2 Å². The summed E-state index contributed by atoms with van der Waals surface area (Å²) in [5, 5.41) is 44.1. The zero-order chi connectivity index (χ0) is 32.6. The first kappa shape index (κ1) is 31.8. The van der Waals surface area contributed by atoms with Crippen LogP contribution in [-0.2, 0) is 30.4 Å². The number of phenols is 1. The van der Waals surface area contributed by atoms with Gasteiger partial charge in [-0.1, -0.05) is 0 Å². The second-order valence-corrected chi connectivity index (χ2v) is 12.8. The zero-order valence-corrected chi connectivity index (χ0v) is 23.8. The number of benzene rings is 4. The Morgan fingerprint density at radius 2 is 1.27 bits per heavy atom. The van der Waals surface area contributed by atoms with Gasteiger partial charge in [-0.2, -0.15) is 40.7 Å². The van der Waals surface area contributed by atoms with Crippen LogP contribution in [0.3, 0.4) is 0 Å². The number of hydrogen-bond donors (Lipinski definition) is 5. The number of carboxylic acids is 1. The molecule has 0 radical (unpaired) electrons. The fourth-order valence-corrected chi connectivity index (χ4v) is 5.51. The average Bonchev–Trinajstić information content (AvgIpc) is 2.93. The van der Waals surface area contributed by atoms with Crippen LogP contribution in [-0.4, -0.2) is 55.1 Å². The number of phenolic OH excluding ortho intramolecular Hbond substituents is 1. The van der Waals surface area contributed by atoms with Crippen molar-refractivity contribution < 1.29 is 53.9 Å². The Bertz CT molecular complexity index is 2300. The minimum atomic E-state index is -5.18. The summed E-state index contributed by atoms with van der Waals surface area (Å²) in [7, 11) is -14.6. The van der Waals surface area contributed by atoms with E-state index in [1.165, 1.54) is 24.3 Å². The normalized spacial score (nSPS) is 12.6. The van der Waals surface area contributed by atoms with Crippen LogP contribution < -0.4 is 0 Å². The van der Waals surface area contributed by atoms with Gasteiger partial charge in [-0.05, 0) is 66.0 Å². The lowest BCUT2D eigenvalue weighted by atomic mass is 10.1. The lowest BCUT2D eigenvalue weighted by Crippen LogP contribution is -2.03. The molecule has 0 bridgehead atoms. The fraction of sp³-hybridized carbons (Fsp3) is 0. The van der Waals surface area contributed by atoms with E-state index in [-0.39, 0.29) is 32.7 Å². The van der Waals surface area contributed by atoms with Crippen LogP contribution in [0.5, 0.6) is 5.75 Å². The van der Waals surface area contributed by atoms with Crippen molar-refractivity contribution in [3.05, 3.63) is 71.8 Å². The molecule has 4 aromatic carbocycles. The van der Waals surface area contributed by atoms with Gasteiger partial charge in [0.25, 0.3) is 30.4 Å². The Balaban J connectivity index is 1.79. The first-order chi connectivity index (χ1) is 20.4. The Morgan fingerprint density at radius 3 is 1.82 bits per heavy atom. The van der Waals surface area contributed by atoms with Crippen molar-refractivity contribution in [3.8, 4) is 11.8 Å². The highest BCUT2D eigenvalue weighted by Gasteiger charge is 2.25. The molecule has 0 fully saturated rings. The molecule has 0 unspecified atom stereocenters. The van der Waals surface area contributed by atoms with E-state index in [9.17, 15) is 54.6 Å². The Morgan fingerprint density at radius 1 is 0.705 bits per heavy atom. The van der Waals surface area contributed by atoms with Gasteiger partial charge in [-0.15, -0.1) is 10.2 Å². The van der Waals surface area contributed by atoms with Crippen molar-refractivity contribution in [1.29, 1.82) is 5.26 Å². The highest BCUT2D eigenvalue weighted by atomic mass is 32.2. The van der Waals surface area contributed by atoms with Gasteiger partial charge >= 0.3 is 5.97 Å². The van der Waals surface area contributed by atoms with Crippen LogP contribution in [0.1, 0.15) is 15.9 Å². The van der Waals surface area contributed by atoms with Crippen LogP contribution in [0.25, 0.3) is 10.8 Å². The second-order valence-electron chi connectivity index (χ2n) is 8.58. The van der Waals surface area contributed by atoms with Gasteiger partial charge in [0.2, 0.25) is 0 Å². The van der Waals surface area contributed by atoms with Crippen molar-refractivity contribution in [3.63, 3.8) is 0 Å². The van der Waals surface area contributed by atoms with Crippen molar-refractivity contribution in [2.45, 2.75) is 14.7 Å². The minimum Gasteiger partial charge on any atom is -0.505 e. The summed E-state index contributed by atoms with van der Waals surface area (Å²) in [5.41, 5.74) is -2.29. The number of carbonyl (C=O) groups is 1. The first-order valence-electron chi connectivity index (χ1n) is 11.4. The van der Waals surface area contributed by atoms with Crippen molar-refractivity contribution in [2.24, 2.45) is 20.5 Å². The molecule has 0 aliphatic heterocycles. The number of nitrogens with zero attached hydrogens (tertiary/aromatic N) is 5. The van der Waals surface area contributed by atoms with Gasteiger partial charge in [-0.3, -0.25) is 13.7 Å². The lowest BCUT2D eigenvalue weighted by Gasteiger charge is -2.11. The van der Waals surface area contributed by atoms with Crippen LogP contribution in [0.2, 0.25) is 0 Å². The Kier molecular flexibility index (Phi) is 8.29. The molecule has 0 heterocycles. The lowest BCUT2D eigenvalue weighted by molar-refractivity contribution is 0.0697. The maximum absolute atomic E-state index is 12.1. The van der Waals surface area contributed by atoms with E-state index in [0.29, 0.717) is 12.1 Å². The number of carboxylic acid groups (broad SMARTS) is 1. The standard InChI is InChI=1S/C24H15N5O12S3/c25-11-13-7-17-12(8-20(13)43(36,37)38)9-21(44(39,40)41)22(23(17)30)29-28-19-6-3-15(10-18(19)24(31)32)27-26-14-1-4-16(5-2-14)42(33,34)35/h1-10,30H,(H,31,32)(H,33,34,35)(H,36,37,38)(H,39,40,41). The van der Waals surface area contributed by atoms with Crippen molar-refractivity contribution in [2.75, 3.05) is 0 Å². The second kappa shape index (κ2) is 11.5. The molecule has 226 valence electrons. The fourth-order valence-electron chi connectivity index (χ4n) is 3.72. The number of nitriles is 1. The molecule has 17 nitrogen and oxygen atoms in total. The van der Waals surface area contributed by atoms with E-state index >= 15 is 0 Å². The highest BCUT2D eigenvalue weighted by Crippen LogP contribution is 2.43. The molecule has 0 atom stereocenters. The number of azo groups is 2. The summed E-state index contributed by atoms with van der Waals surface area (Å²) in [6.45, 7) is 0. The smallest absolute Gasteiger partial charge is 0.338 e. The maximum atomic E-state index is 12.1. The monoisotopic (exact) mass is 661 g/mol. The molecule has 0 spiro atoms. The molecule has 44 heavy (non-hydrogen) atoms. The summed E-state index contributed by atoms with van der Waals surface area (Å²) in [6.07, 6.45) is 0. The van der Waals surface area contributed by atoms with Crippen LogP contribution in [0, 0.1) is 11.3 Å². The zero-order valence-electron chi connectivity index (χ0n) is 21.3. The van der Waals surface area contributed by atoms with Gasteiger partial charge in [-0.25, -0.2) is 4.79 Å². The van der Waals surface area contributed by atoms with Crippen LogP contribution in [0.15, 0.2) is 95.8 Å². The van der Waals surface area contributed by atoms with Crippen molar-refractivity contribution in [1.82, 2.24) is 0 Å². The Hall–Kier alpha value is -5.17. The van der Waals surface area contributed by atoms with E-state index in [0.717, 1.165) is 30.3 Å². The van der Waals surface area contributed by atoms with E-state index in [4.69, 9.17) is 4.55 Å². The maximum Gasteiger partial charge on any atom is 0.338 e. The SMILES string of the molecule is N#Cc1cc2c(O)c(N=Nc3ccc(N=Nc4ccc(S(=O)(=O)O)cc4)cc3C(=O)O)c(S(=O)(=O)O)cc2cc1S(=O)(=O)O. The quantitative estimate of drug-likeness (QED) is 0.127. The number of aromatic hydroxyl groups is 1. The summed E-state index contributed by atoms with van der Waals surface area (Å²) in [5.74, 6) is -2.53. The molecule has 0 saturated heterocycles. The molecule has 0 amide bonds. The molecule has 0 saturated carbocycles. The number of rotatable bonds is 8. The predicted molar refractivity (Wildman–Crippen MR) is 148 cm³/mol. The topological polar surface area (TPSA) is 294 Å². The summed E-state index contributed by atoms with van der Waals surface area (Å²) >= 11 is 0. The average molecular weight is 662 g/mol. The number of fused-ring (bicyclic) bond motifs is 1. The molecule has 4 aromatic rings. The van der Waals surface area contributed by atoms with Gasteiger partial charge < -0.3 is 10.2 Å². The molecule has 0 aromatic heterocycles. The van der Waals surface area contributed by atoms with Crippen LogP contribution >= 0.6 is 0 Å². The molecule has 0 aliphatic rings. The van der Waals surface area contributed by atoms with E-state index in [1.54, 1.807) is 0 Å². The summed E-state index contributed by atoms with van der Waals surface area (Å²) < 4.78 is 98.0. The van der Waals surface area contributed by atoms with E-state index < -0.39 is 68.7 Å². The first-order valence-corrected chi connectivity index (χ1v) is 15.7. The highest BCUT2D eigenvalue weighted by molar-refractivity contribution is 7.86. The third kappa shape index (κ3) is 6.73. The van der Waals surface area contributed by atoms with E-state index in [2.05, 4.69) is 20.5 Å². The molecular formula is C24H15N5O12S3. The molecule has 4 rings (SSSR count). The Labute approximate surface area is 247 Å². The van der Waals surface area contributed by atoms with Crippen LogP contribution in [0.4, 0.5) is 22.7 Å². The third-order valence-corrected chi connectivity index (χ3v) is 8.34. The van der Waals surface area contributed by atoms with E-state index in [1.807, 2.05) is 0 Å². The van der Waals surface area contributed by atoms with Gasteiger partial charge in [0, 0.05) is 5.39 Å². The number of hydrogen-bond acceptors (Lipinski definition) is 13. The predicted octanol–water partition coefficient (Wildman–Crippen LogP) is 4.69. The largest absolute Gasteiger partial charge is 0.505 e. The summed E-state index contributed by atoms with van der Waals surface area (Å²) in [4.78, 5) is 9.54. The third-order valence-electron chi connectivity index (χ3n) is 5.71. The van der Waals surface area contributed by atoms with Crippen molar-refractivity contribution >= 4 is 69.8 Å². The molecule has 5 N–H and O–H groups in total. The van der Waals surface area contributed by atoms with Gasteiger partial charge in [0.15, 0.2) is 5.75 Å². The molecule has 20 heteroatoms. The summed E-state index contributed by atoms with van der Waals surface area (Å²) in [6, 6.07) is 11.6. The molecular weight excluding hydrogens is 646 g/mol. The number of aromatic carboxylic acids is 1. The molecule has 0 aliphatic carbocycles.